The molecule has 0 unspecified atom stereocenters. The summed E-state index contributed by atoms with van der Waals surface area (Å²) in [6.07, 6.45) is 1.57. The molecule has 0 heterocycles. The van der Waals surface area contributed by atoms with Crippen molar-refractivity contribution in [1.82, 2.24) is 4.90 Å². The molecule has 17 heavy (non-hydrogen) atoms. The zero-order valence-electron chi connectivity index (χ0n) is 10.3. The number of halogens is 1. The Bertz CT molecular complexity index is 364. The quantitative estimate of drug-likeness (QED) is 0.851. The van der Waals surface area contributed by atoms with Crippen molar-refractivity contribution in [2.24, 2.45) is 5.73 Å². The van der Waals surface area contributed by atoms with Gasteiger partial charge in [0.25, 0.3) is 0 Å². The first-order valence-corrected chi connectivity index (χ1v) is 5.79. The molecule has 0 saturated heterocycles. The molecule has 4 heteroatoms. The number of nitrogens with two attached hydrogens (primary N) is 1. The highest BCUT2D eigenvalue weighted by molar-refractivity contribution is 5.81. The third-order valence-corrected chi connectivity index (χ3v) is 2.63. The Kier molecular flexibility index (Phi) is 5.10. The summed E-state index contributed by atoms with van der Waals surface area (Å²) < 4.78 is 12.7. The summed E-state index contributed by atoms with van der Waals surface area (Å²) in [6.45, 7) is 2.45. The Hall–Kier alpha value is -1.42. The van der Waals surface area contributed by atoms with Crippen LogP contribution in [0.1, 0.15) is 25.3 Å². The Morgan fingerprint density at radius 3 is 2.53 bits per heavy atom. The van der Waals surface area contributed by atoms with Gasteiger partial charge in [-0.25, -0.2) is 4.39 Å². The van der Waals surface area contributed by atoms with Gasteiger partial charge in [0, 0.05) is 13.6 Å². The van der Waals surface area contributed by atoms with Crippen molar-refractivity contribution < 1.29 is 9.18 Å². The molecule has 94 valence electrons. The molecular weight excluding hydrogens is 219 g/mol. The topological polar surface area (TPSA) is 46.3 Å². The normalized spacial score (nSPS) is 12.2. The molecule has 0 spiro atoms. The summed E-state index contributed by atoms with van der Waals surface area (Å²) in [4.78, 5) is 13.4. The lowest BCUT2D eigenvalue weighted by Gasteiger charge is -2.21. The van der Waals surface area contributed by atoms with Gasteiger partial charge in [-0.05, 0) is 24.1 Å². The van der Waals surface area contributed by atoms with Crippen LogP contribution in [0.15, 0.2) is 24.3 Å². The fourth-order valence-electron chi connectivity index (χ4n) is 1.66. The number of carbonyl (C=O) groups is 1. The summed E-state index contributed by atoms with van der Waals surface area (Å²) in [5.74, 6) is -0.346. The van der Waals surface area contributed by atoms with Gasteiger partial charge in [-0.1, -0.05) is 25.5 Å². The minimum Gasteiger partial charge on any atom is -0.340 e. The largest absolute Gasteiger partial charge is 0.340 e. The highest BCUT2D eigenvalue weighted by atomic mass is 19.1. The smallest absolute Gasteiger partial charge is 0.239 e. The molecule has 0 aromatic heterocycles. The van der Waals surface area contributed by atoms with E-state index in [1.165, 1.54) is 12.1 Å². The number of hydrogen-bond acceptors (Lipinski definition) is 2. The molecule has 2 N–H and O–H groups in total. The Morgan fingerprint density at radius 2 is 2.00 bits per heavy atom. The van der Waals surface area contributed by atoms with Gasteiger partial charge in [0.05, 0.1) is 6.04 Å². The highest BCUT2D eigenvalue weighted by Crippen LogP contribution is 2.07. The van der Waals surface area contributed by atoms with Gasteiger partial charge in [-0.3, -0.25) is 4.79 Å². The number of carbonyl (C=O) groups excluding carboxylic acids is 1. The lowest BCUT2D eigenvalue weighted by atomic mass is 10.1. The zero-order chi connectivity index (χ0) is 12.8. The van der Waals surface area contributed by atoms with Crippen molar-refractivity contribution in [3.8, 4) is 0 Å². The maximum absolute atomic E-state index is 12.7. The monoisotopic (exact) mass is 238 g/mol. The number of benzene rings is 1. The Balaban J connectivity index is 2.56. The van der Waals surface area contributed by atoms with Crippen molar-refractivity contribution in [2.75, 3.05) is 7.05 Å². The summed E-state index contributed by atoms with van der Waals surface area (Å²) in [5.41, 5.74) is 6.65. The van der Waals surface area contributed by atoms with E-state index in [0.717, 1.165) is 12.0 Å². The van der Waals surface area contributed by atoms with E-state index in [0.29, 0.717) is 13.0 Å². The second kappa shape index (κ2) is 6.35. The van der Waals surface area contributed by atoms with Crippen LogP contribution in [0.25, 0.3) is 0 Å². The first-order chi connectivity index (χ1) is 8.04. The first kappa shape index (κ1) is 13.6. The molecule has 0 radical (unpaired) electrons. The van der Waals surface area contributed by atoms with Crippen molar-refractivity contribution in [3.05, 3.63) is 35.6 Å². The SMILES string of the molecule is CCC[C@H](N)C(=O)N(C)Cc1ccc(F)cc1. The van der Waals surface area contributed by atoms with Crippen LogP contribution in [-0.2, 0) is 11.3 Å². The van der Waals surface area contributed by atoms with Gasteiger partial charge in [0.1, 0.15) is 5.82 Å². The van der Waals surface area contributed by atoms with E-state index >= 15 is 0 Å². The van der Waals surface area contributed by atoms with E-state index in [2.05, 4.69) is 0 Å². The maximum Gasteiger partial charge on any atom is 0.239 e. The van der Waals surface area contributed by atoms with Crippen LogP contribution < -0.4 is 5.73 Å². The molecule has 0 aliphatic heterocycles. The van der Waals surface area contributed by atoms with E-state index < -0.39 is 6.04 Å². The summed E-state index contributed by atoms with van der Waals surface area (Å²) in [6, 6.07) is 5.68. The van der Waals surface area contributed by atoms with Gasteiger partial charge in [0.2, 0.25) is 5.91 Å². The average molecular weight is 238 g/mol. The van der Waals surface area contributed by atoms with Gasteiger partial charge in [-0.15, -0.1) is 0 Å². The first-order valence-electron chi connectivity index (χ1n) is 5.79. The van der Waals surface area contributed by atoms with Gasteiger partial charge in [-0.2, -0.15) is 0 Å². The van der Waals surface area contributed by atoms with Crippen LogP contribution in [-0.4, -0.2) is 23.9 Å². The van der Waals surface area contributed by atoms with Crippen molar-refractivity contribution in [2.45, 2.75) is 32.4 Å². The van der Waals surface area contributed by atoms with Crippen molar-refractivity contribution >= 4 is 5.91 Å². The number of rotatable bonds is 5. The summed E-state index contributed by atoms with van der Waals surface area (Å²) in [7, 11) is 1.71. The lowest BCUT2D eigenvalue weighted by Crippen LogP contribution is -2.41. The van der Waals surface area contributed by atoms with Crippen molar-refractivity contribution in [3.63, 3.8) is 0 Å². The van der Waals surface area contributed by atoms with E-state index in [1.807, 2.05) is 6.92 Å². The second-order valence-electron chi connectivity index (χ2n) is 4.22. The van der Waals surface area contributed by atoms with Crippen LogP contribution in [0.2, 0.25) is 0 Å². The maximum atomic E-state index is 12.7. The van der Waals surface area contributed by atoms with Crippen LogP contribution in [0, 0.1) is 5.82 Å². The third-order valence-electron chi connectivity index (χ3n) is 2.63. The predicted octanol–water partition coefficient (Wildman–Crippen LogP) is 1.91. The molecule has 0 aliphatic carbocycles. The van der Waals surface area contributed by atoms with E-state index in [-0.39, 0.29) is 11.7 Å². The number of likely N-dealkylation sites (N-methyl/N-ethyl adjacent to an activating group) is 1. The van der Waals surface area contributed by atoms with E-state index in [9.17, 15) is 9.18 Å². The number of amides is 1. The number of nitrogens with zero attached hydrogens (tertiary/aromatic N) is 1. The fraction of sp³-hybridized carbons (Fsp3) is 0.462. The van der Waals surface area contributed by atoms with Crippen LogP contribution in [0.5, 0.6) is 0 Å². The van der Waals surface area contributed by atoms with Gasteiger partial charge >= 0.3 is 0 Å². The summed E-state index contributed by atoms with van der Waals surface area (Å²) in [5, 5.41) is 0. The van der Waals surface area contributed by atoms with E-state index in [4.69, 9.17) is 5.73 Å². The predicted molar refractivity (Wildman–Crippen MR) is 65.8 cm³/mol. The third kappa shape index (κ3) is 4.15. The molecule has 0 saturated carbocycles. The standard InChI is InChI=1S/C13H19FN2O/c1-3-4-12(15)13(17)16(2)9-10-5-7-11(14)8-6-10/h5-8,12H,3-4,9,15H2,1-2H3/t12-/m0/s1. The molecule has 3 nitrogen and oxygen atoms in total. The molecule has 0 fully saturated rings. The van der Waals surface area contributed by atoms with Crippen LogP contribution in [0.4, 0.5) is 4.39 Å². The Labute approximate surface area is 101 Å². The zero-order valence-corrected chi connectivity index (χ0v) is 10.3. The van der Waals surface area contributed by atoms with Gasteiger partial charge < -0.3 is 10.6 Å². The highest BCUT2D eigenvalue weighted by Gasteiger charge is 2.16. The van der Waals surface area contributed by atoms with Gasteiger partial charge in [0.15, 0.2) is 0 Å². The lowest BCUT2D eigenvalue weighted by molar-refractivity contribution is -0.131. The molecular formula is C13H19FN2O. The van der Waals surface area contributed by atoms with E-state index in [1.54, 1.807) is 24.1 Å². The summed E-state index contributed by atoms with van der Waals surface area (Å²) >= 11 is 0. The molecule has 1 atom stereocenters. The van der Waals surface area contributed by atoms with Crippen LogP contribution in [0.3, 0.4) is 0 Å². The van der Waals surface area contributed by atoms with Crippen molar-refractivity contribution in [1.29, 1.82) is 0 Å². The average Bonchev–Trinajstić information content (AvgIpc) is 2.31. The molecule has 1 rings (SSSR count). The fourth-order valence-corrected chi connectivity index (χ4v) is 1.66. The minimum absolute atomic E-state index is 0.0730. The number of hydrogen-bond donors (Lipinski definition) is 1. The molecule has 0 bridgehead atoms. The second-order valence-corrected chi connectivity index (χ2v) is 4.22. The molecule has 1 aromatic rings. The molecule has 1 amide bonds. The van der Waals surface area contributed by atoms with Crippen LogP contribution >= 0.6 is 0 Å². The molecule has 1 aromatic carbocycles. The minimum atomic E-state index is -0.439. The molecule has 0 aliphatic rings. The Morgan fingerprint density at radius 1 is 1.41 bits per heavy atom.